The SMILES string of the molecule is CC(CNC(=O)[C@H](C)N)Oc1ccc(Cl)cc1.Cl. The van der Waals surface area contributed by atoms with Gasteiger partial charge in [-0.1, -0.05) is 11.6 Å². The van der Waals surface area contributed by atoms with Crippen LogP contribution < -0.4 is 15.8 Å². The molecular weight excluding hydrogens is 275 g/mol. The Hall–Kier alpha value is -0.970. The number of rotatable bonds is 5. The Labute approximate surface area is 118 Å². The van der Waals surface area contributed by atoms with E-state index >= 15 is 0 Å². The maximum absolute atomic E-state index is 11.2. The van der Waals surface area contributed by atoms with Crippen molar-refractivity contribution in [2.75, 3.05) is 6.54 Å². The zero-order chi connectivity index (χ0) is 12.8. The predicted octanol–water partition coefficient (Wildman–Crippen LogP) is 1.99. The molecule has 3 N–H and O–H groups in total. The summed E-state index contributed by atoms with van der Waals surface area (Å²) in [5.74, 6) is 0.536. The zero-order valence-electron chi connectivity index (χ0n) is 10.4. The molecule has 4 nitrogen and oxygen atoms in total. The summed E-state index contributed by atoms with van der Waals surface area (Å²) in [4.78, 5) is 11.2. The number of halogens is 2. The topological polar surface area (TPSA) is 64.4 Å². The van der Waals surface area contributed by atoms with E-state index in [0.29, 0.717) is 11.6 Å². The first-order valence-corrected chi connectivity index (χ1v) is 5.82. The highest BCUT2D eigenvalue weighted by Crippen LogP contribution is 2.16. The maximum atomic E-state index is 11.2. The molecule has 0 spiro atoms. The summed E-state index contributed by atoms with van der Waals surface area (Å²) >= 11 is 5.76. The lowest BCUT2D eigenvalue weighted by Gasteiger charge is -2.16. The standard InChI is InChI=1S/C12H17ClN2O2.ClH/c1-8(7-15-12(16)9(2)14)17-11-5-3-10(13)4-6-11;/h3-6,8-9H,7,14H2,1-2H3,(H,15,16);1H/t8?,9-;/m0./s1. The molecule has 0 aromatic heterocycles. The van der Waals surface area contributed by atoms with Crippen LogP contribution in [0.4, 0.5) is 0 Å². The number of amides is 1. The van der Waals surface area contributed by atoms with Crippen molar-refractivity contribution in [1.82, 2.24) is 5.32 Å². The van der Waals surface area contributed by atoms with Gasteiger partial charge in [0.2, 0.25) is 5.91 Å². The molecule has 0 fully saturated rings. The number of ether oxygens (including phenoxy) is 1. The van der Waals surface area contributed by atoms with E-state index in [1.807, 2.05) is 6.92 Å². The van der Waals surface area contributed by atoms with Gasteiger partial charge in [0, 0.05) is 5.02 Å². The Morgan fingerprint density at radius 1 is 1.39 bits per heavy atom. The Morgan fingerprint density at radius 2 is 1.94 bits per heavy atom. The highest BCUT2D eigenvalue weighted by molar-refractivity contribution is 6.30. The van der Waals surface area contributed by atoms with E-state index in [1.54, 1.807) is 31.2 Å². The average Bonchev–Trinajstić information content (AvgIpc) is 2.29. The van der Waals surface area contributed by atoms with Gasteiger partial charge in [0.25, 0.3) is 0 Å². The number of nitrogens with one attached hydrogen (secondary N) is 1. The van der Waals surface area contributed by atoms with Crippen molar-refractivity contribution in [3.05, 3.63) is 29.3 Å². The highest BCUT2D eigenvalue weighted by atomic mass is 35.5. The van der Waals surface area contributed by atoms with E-state index in [-0.39, 0.29) is 24.4 Å². The lowest BCUT2D eigenvalue weighted by Crippen LogP contribution is -2.42. The molecule has 1 amide bonds. The number of nitrogens with two attached hydrogens (primary N) is 1. The molecule has 0 aliphatic heterocycles. The van der Waals surface area contributed by atoms with Crippen LogP contribution in [0.2, 0.25) is 5.02 Å². The quantitative estimate of drug-likeness (QED) is 0.872. The minimum atomic E-state index is -0.502. The fourth-order valence-electron chi connectivity index (χ4n) is 1.19. The highest BCUT2D eigenvalue weighted by Gasteiger charge is 2.09. The predicted molar refractivity (Wildman–Crippen MR) is 75.4 cm³/mol. The molecule has 0 saturated heterocycles. The summed E-state index contributed by atoms with van der Waals surface area (Å²) in [6.45, 7) is 3.93. The van der Waals surface area contributed by atoms with Crippen molar-refractivity contribution in [3.63, 3.8) is 0 Å². The smallest absolute Gasteiger partial charge is 0.236 e. The summed E-state index contributed by atoms with van der Waals surface area (Å²) in [6.07, 6.45) is -0.126. The molecule has 1 rings (SSSR count). The van der Waals surface area contributed by atoms with Gasteiger partial charge in [-0.2, -0.15) is 0 Å². The third-order valence-corrected chi connectivity index (χ3v) is 2.38. The molecule has 1 unspecified atom stereocenters. The summed E-state index contributed by atoms with van der Waals surface area (Å²) in [5.41, 5.74) is 5.42. The summed E-state index contributed by atoms with van der Waals surface area (Å²) in [5, 5.41) is 3.36. The van der Waals surface area contributed by atoms with E-state index in [9.17, 15) is 4.79 Å². The van der Waals surface area contributed by atoms with Crippen LogP contribution in [0, 0.1) is 0 Å². The summed E-state index contributed by atoms with van der Waals surface area (Å²) in [7, 11) is 0. The first-order chi connectivity index (χ1) is 7.99. The molecule has 1 aromatic carbocycles. The Kier molecular flexibility index (Phi) is 7.75. The van der Waals surface area contributed by atoms with Crippen molar-refractivity contribution in [2.24, 2.45) is 5.73 Å². The first kappa shape index (κ1) is 17.0. The van der Waals surface area contributed by atoms with E-state index < -0.39 is 6.04 Å². The molecule has 6 heteroatoms. The van der Waals surface area contributed by atoms with Crippen molar-refractivity contribution in [2.45, 2.75) is 26.0 Å². The van der Waals surface area contributed by atoms with Gasteiger partial charge in [0.1, 0.15) is 11.9 Å². The third kappa shape index (κ3) is 6.10. The van der Waals surface area contributed by atoms with Crippen molar-refractivity contribution in [3.8, 4) is 5.75 Å². The lowest BCUT2D eigenvalue weighted by atomic mass is 10.3. The third-order valence-electron chi connectivity index (χ3n) is 2.13. The second-order valence-corrected chi connectivity index (χ2v) is 4.35. The van der Waals surface area contributed by atoms with Crippen molar-refractivity contribution >= 4 is 29.9 Å². The van der Waals surface area contributed by atoms with E-state index in [0.717, 1.165) is 5.75 Å². The normalized spacial score (nSPS) is 13.1. The van der Waals surface area contributed by atoms with Crippen LogP contribution in [0.3, 0.4) is 0 Å². The van der Waals surface area contributed by atoms with Crippen LogP contribution in [0.1, 0.15) is 13.8 Å². The van der Waals surface area contributed by atoms with E-state index in [1.165, 1.54) is 0 Å². The number of hydrogen-bond acceptors (Lipinski definition) is 3. The molecular formula is C12H18Cl2N2O2. The lowest BCUT2D eigenvalue weighted by molar-refractivity contribution is -0.122. The molecule has 18 heavy (non-hydrogen) atoms. The van der Waals surface area contributed by atoms with Gasteiger partial charge in [-0.15, -0.1) is 12.4 Å². The Bertz CT molecular complexity index is 369. The Morgan fingerprint density at radius 3 is 2.44 bits per heavy atom. The number of carbonyl (C=O) groups excluding carboxylic acids is 1. The number of benzene rings is 1. The fourth-order valence-corrected chi connectivity index (χ4v) is 1.32. The minimum Gasteiger partial charge on any atom is -0.489 e. The maximum Gasteiger partial charge on any atom is 0.236 e. The van der Waals surface area contributed by atoms with Crippen molar-refractivity contribution < 1.29 is 9.53 Å². The molecule has 0 saturated carbocycles. The molecule has 2 atom stereocenters. The molecule has 0 heterocycles. The average molecular weight is 293 g/mol. The monoisotopic (exact) mass is 292 g/mol. The van der Waals surface area contributed by atoms with Crippen LogP contribution in [0.15, 0.2) is 24.3 Å². The van der Waals surface area contributed by atoms with E-state index in [4.69, 9.17) is 22.1 Å². The fraction of sp³-hybridized carbons (Fsp3) is 0.417. The summed E-state index contributed by atoms with van der Waals surface area (Å²) in [6, 6.07) is 6.57. The van der Waals surface area contributed by atoms with Crippen LogP contribution >= 0.6 is 24.0 Å². The minimum absolute atomic E-state index is 0. The molecule has 102 valence electrons. The molecule has 0 bridgehead atoms. The second-order valence-electron chi connectivity index (χ2n) is 3.92. The molecule has 0 aliphatic rings. The van der Waals surface area contributed by atoms with Gasteiger partial charge >= 0.3 is 0 Å². The first-order valence-electron chi connectivity index (χ1n) is 5.44. The van der Waals surface area contributed by atoms with Crippen LogP contribution in [0.25, 0.3) is 0 Å². The van der Waals surface area contributed by atoms with Crippen LogP contribution in [-0.4, -0.2) is 24.6 Å². The van der Waals surface area contributed by atoms with Crippen LogP contribution in [0.5, 0.6) is 5.75 Å². The largest absolute Gasteiger partial charge is 0.489 e. The molecule has 0 radical (unpaired) electrons. The van der Waals surface area contributed by atoms with Gasteiger partial charge in [-0.3, -0.25) is 4.79 Å². The number of carbonyl (C=O) groups is 1. The van der Waals surface area contributed by atoms with Gasteiger partial charge in [0.05, 0.1) is 12.6 Å². The Balaban J connectivity index is 0.00000289. The van der Waals surface area contributed by atoms with Gasteiger partial charge < -0.3 is 15.8 Å². The second kappa shape index (κ2) is 8.19. The van der Waals surface area contributed by atoms with Crippen LogP contribution in [-0.2, 0) is 4.79 Å². The zero-order valence-corrected chi connectivity index (χ0v) is 11.9. The van der Waals surface area contributed by atoms with E-state index in [2.05, 4.69) is 5.32 Å². The van der Waals surface area contributed by atoms with Gasteiger partial charge in [-0.05, 0) is 38.1 Å². The van der Waals surface area contributed by atoms with Crippen molar-refractivity contribution in [1.29, 1.82) is 0 Å². The number of hydrogen-bond donors (Lipinski definition) is 2. The molecule has 1 aromatic rings. The van der Waals surface area contributed by atoms with Gasteiger partial charge in [-0.25, -0.2) is 0 Å². The molecule has 0 aliphatic carbocycles. The van der Waals surface area contributed by atoms with Gasteiger partial charge in [0.15, 0.2) is 0 Å². The summed E-state index contributed by atoms with van der Waals surface area (Å²) < 4.78 is 5.59.